The highest BCUT2D eigenvalue weighted by Crippen LogP contribution is 2.40. The molecule has 1 aliphatic rings. The molecule has 2 heterocycles. The van der Waals surface area contributed by atoms with Gasteiger partial charge in [0.05, 0.1) is 39.5 Å². The van der Waals surface area contributed by atoms with Crippen LogP contribution in [-0.2, 0) is 0 Å². The van der Waals surface area contributed by atoms with Crippen LogP contribution < -0.4 is 0 Å². The maximum atomic E-state index is 13.0. The minimum Gasteiger partial charge on any atom is -0.308 e. The van der Waals surface area contributed by atoms with Crippen molar-refractivity contribution in [3.05, 3.63) is 102 Å². The highest BCUT2D eigenvalue weighted by Gasteiger charge is 2.35. The number of para-hydroxylation sites is 1. The number of nitriles is 1. The van der Waals surface area contributed by atoms with Gasteiger partial charge in [-0.3, -0.25) is 14.5 Å². The largest absolute Gasteiger partial charge is 0.308 e. The summed E-state index contributed by atoms with van der Waals surface area (Å²) in [5, 5.41) is 11.5. The van der Waals surface area contributed by atoms with Gasteiger partial charge in [0, 0.05) is 17.8 Å². The van der Waals surface area contributed by atoms with Gasteiger partial charge in [0.1, 0.15) is 0 Å². The van der Waals surface area contributed by atoms with E-state index in [1.54, 1.807) is 12.1 Å². The minimum absolute atomic E-state index is 0.286. The molecule has 156 valence electrons. The van der Waals surface area contributed by atoms with Crippen molar-refractivity contribution >= 4 is 33.6 Å². The first kappa shape index (κ1) is 19.0. The maximum Gasteiger partial charge on any atom is 0.263 e. The number of aromatic nitrogens is 1. The summed E-state index contributed by atoms with van der Waals surface area (Å²) in [6.07, 6.45) is 0. The average Bonchev–Trinajstić information content (AvgIpc) is 3.31. The summed E-state index contributed by atoms with van der Waals surface area (Å²) in [5.74, 6) is -0.582. The van der Waals surface area contributed by atoms with E-state index in [0.29, 0.717) is 22.4 Å². The highest BCUT2D eigenvalue weighted by molar-refractivity contribution is 6.24. The van der Waals surface area contributed by atoms with Crippen molar-refractivity contribution in [1.82, 2.24) is 9.47 Å². The van der Waals surface area contributed by atoms with E-state index in [2.05, 4.69) is 16.7 Å². The van der Waals surface area contributed by atoms with Crippen molar-refractivity contribution in [3.63, 3.8) is 0 Å². The fourth-order valence-electron chi connectivity index (χ4n) is 4.85. The number of amides is 2. The highest BCUT2D eigenvalue weighted by atomic mass is 16.2. The van der Waals surface area contributed by atoms with Crippen molar-refractivity contribution in [2.24, 2.45) is 0 Å². The first-order valence-electron chi connectivity index (χ1n) is 10.6. The number of nitrogens with zero attached hydrogens (tertiary/aromatic N) is 3. The summed E-state index contributed by atoms with van der Waals surface area (Å²) in [5.41, 5.74) is 5.95. The standard InChI is InChI=1S/C28H17N3O2/c1-30-27(32)21-11-6-14-24(26(21)28(30)33)31-22-12-3-2-9-20(22)25-19(10-5-13-23(25)31)18-8-4-7-17(15-18)16-29/h2-15H,1H3. The first-order valence-corrected chi connectivity index (χ1v) is 10.6. The lowest BCUT2D eigenvalue weighted by Crippen LogP contribution is -2.24. The van der Waals surface area contributed by atoms with Gasteiger partial charge in [-0.15, -0.1) is 0 Å². The molecule has 0 unspecified atom stereocenters. The monoisotopic (exact) mass is 427 g/mol. The molecule has 5 nitrogen and oxygen atoms in total. The Balaban J connectivity index is 1.74. The number of rotatable bonds is 2. The zero-order valence-corrected chi connectivity index (χ0v) is 17.7. The molecule has 0 fully saturated rings. The van der Waals surface area contributed by atoms with Crippen molar-refractivity contribution in [1.29, 1.82) is 5.26 Å². The van der Waals surface area contributed by atoms with Crippen LogP contribution in [0.15, 0.2) is 84.9 Å². The Morgan fingerprint density at radius 2 is 1.48 bits per heavy atom. The smallest absolute Gasteiger partial charge is 0.263 e. The predicted molar refractivity (Wildman–Crippen MR) is 127 cm³/mol. The summed E-state index contributed by atoms with van der Waals surface area (Å²) >= 11 is 0. The fourth-order valence-corrected chi connectivity index (χ4v) is 4.85. The van der Waals surface area contributed by atoms with E-state index in [1.165, 1.54) is 11.9 Å². The van der Waals surface area contributed by atoms with Crippen LogP contribution in [0.1, 0.15) is 26.3 Å². The second kappa shape index (κ2) is 6.91. The van der Waals surface area contributed by atoms with Gasteiger partial charge in [-0.2, -0.15) is 5.26 Å². The zero-order valence-electron chi connectivity index (χ0n) is 17.7. The third kappa shape index (κ3) is 2.58. The van der Waals surface area contributed by atoms with Crippen LogP contribution in [0.2, 0.25) is 0 Å². The molecule has 0 radical (unpaired) electrons. The Bertz CT molecular complexity index is 1690. The number of carbonyl (C=O) groups is 2. The zero-order chi connectivity index (χ0) is 22.7. The summed E-state index contributed by atoms with van der Waals surface area (Å²) < 4.78 is 2.06. The molecule has 5 heteroatoms. The Kier molecular flexibility index (Phi) is 3.98. The molecule has 1 aliphatic heterocycles. The Morgan fingerprint density at radius 3 is 2.33 bits per heavy atom. The molecule has 0 N–H and O–H groups in total. The molecule has 6 rings (SSSR count). The number of benzene rings is 4. The Hall–Kier alpha value is -4.69. The lowest BCUT2D eigenvalue weighted by Gasteiger charge is -2.12. The van der Waals surface area contributed by atoms with E-state index in [0.717, 1.165) is 32.9 Å². The maximum absolute atomic E-state index is 13.0. The van der Waals surface area contributed by atoms with Gasteiger partial charge >= 0.3 is 0 Å². The number of carbonyl (C=O) groups excluding carboxylic acids is 2. The van der Waals surface area contributed by atoms with Gasteiger partial charge in [0.15, 0.2) is 0 Å². The Morgan fingerprint density at radius 1 is 0.758 bits per heavy atom. The number of fused-ring (bicyclic) bond motifs is 4. The van der Waals surface area contributed by atoms with Crippen LogP contribution in [0.25, 0.3) is 38.6 Å². The van der Waals surface area contributed by atoms with E-state index in [-0.39, 0.29) is 11.8 Å². The number of hydrogen-bond donors (Lipinski definition) is 0. The second-order valence-electron chi connectivity index (χ2n) is 8.11. The molecule has 0 saturated carbocycles. The minimum atomic E-state index is -0.297. The van der Waals surface area contributed by atoms with Crippen LogP contribution in [0.3, 0.4) is 0 Å². The second-order valence-corrected chi connectivity index (χ2v) is 8.11. The predicted octanol–water partition coefficient (Wildman–Crippen LogP) is 5.55. The van der Waals surface area contributed by atoms with Crippen LogP contribution in [0, 0.1) is 11.3 Å². The third-order valence-corrected chi connectivity index (χ3v) is 6.34. The van der Waals surface area contributed by atoms with E-state index in [1.807, 2.05) is 66.7 Å². The number of hydrogen-bond acceptors (Lipinski definition) is 3. The molecule has 2 amide bonds. The van der Waals surface area contributed by atoms with Gasteiger partial charge in [0.25, 0.3) is 11.8 Å². The van der Waals surface area contributed by atoms with Crippen LogP contribution in [0.5, 0.6) is 0 Å². The van der Waals surface area contributed by atoms with E-state index in [4.69, 9.17) is 0 Å². The SMILES string of the molecule is CN1C(=O)c2cccc(-n3c4ccccc4c4c(-c5cccc(C#N)c5)cccc43)c2C1=O. The first-order chi connectivity index (χ1) is 16.1. The molecule has 0 atom stereocenters. The summed E-state index contributed by atoms with van der Waals surface area (Å²) in [6, 6.07) is 29.3. The molecule has 5 aromatic rings. The van der Waals surface area contributed by atoms with Crippen LogP contribution >= 0.6 is 0 Å². The fraction of sp³-hybridized carbons (Fsp3) is 0.0357. The topological polar surface area (TPSA) is 66.1 Å². The number of imide groups is 1. The van der Waals surface area contributed by atoms with Crippen molar-refractivity contribution in [2.75, 3.05) is 7.05 Å². The lowest BCUT2D eigenvalue weighted by molar-refractivity contribution is 0.0693. The lowest BCUT2D eigenvalue weighted by atomic mass is 9.98. The quantitative estimate of drug-likeness (QED) is 0.347. The van der Waals surface area contributed by atoms with Gasteiger partial charge in [-0.25, -0.2) is 0 Å². The normalized spacial score (nSPS) is 13.0. The molecule has 0 spiro atoms. The molecular weight excluding hydrogens is 410 g/mol. The summed E-state index contributed by atoms with van der Waals surface area (Å²) in [6.45, 7) is 0. The van der Waals surface area contributed by atoms with Crippen LogP contribution in [-0.4, -0.2) is 28.3 Å². The summed E-state index contributed by atoms with van der Waals surface area (Å²) in [7, 11) is 1.51. The molecule has 4 aromatic carbocycles. The summed E-state index contributed by atoms with van der Waals surface area (Å²) in [4.78, 5) is 26.8. The van der Waals surface area contributed by atoms with Gasteiger partial charge in [-0.1, -0.05) is 48.5 Å². The average molecular weight is 427 g/mol. The van der Waals surface area contributed by atoms with Crippen molar-refractivity contribution in [3.8, 4) is 22.9 Å². The van der Waals surface area contributed by atoms with Gasteiger partial charge in [0.2, 0.25) is 0 Å². The molecule has 0 aliphatic carbocycles. The molecule has 1 aromatic heterocycles. The molecule has 33 heavy (non-hydrogen) atoms. The third-order valence-electron chi connectivity index (χ3n) is 6.34. The molecule has 0 bridgehead atoms. The van der Waals surface area contributed by atoms with E-state index >= 15 is 0 Å². The van der Waals surface area contributed by atoms with Gasteiger partial charge in [-0.05, 0) is 47.5 Å². The molecule has 0 saturated heterocycles. The van der Waals surface area contributed by atoms with Crippen molar-refractivity contribution in [2.45, 2.75) is 0 Å². The molecular formula is C28H17N3O2. The Labute approximate surface area is 189 Å². The van der Waals surface area contributed by atoms with Crippen molar-refractivity contribution < 1.29 is 9.59 Å². The van der Waals surface area contributed by atoms with Crippen LogP contribution in [0.4, 0.5) is 0 Å². The van der Waals surface area contributed by atoms with Gasteiger partial charge < -0.3 is 4.57 Å². The van der Waals surface area contributed by atoms with E-state index in [9.17, 15) is 14.9 Å². The van der Waals surface area contributed by atoms with E-state index < -0.39 is 0 Å².